The molecule has 2 fully saturated rings. The van der Waals surface area contributed by atoms with E-state index >= 15 is 0 Å². The number of carbonyl (C=O) groups excluding carboxylic acids is 1. The SMILES string of the molecule is O=C(C(c1ccccc1)C1CCCC1)N1CCC(C2=CC(=NCc3cccnc3)N3I=CC(Br)=C3N2)CC1. The van der Waals surface area contributed by atoms with E-state index in [4.69, 9.17) is 4.99 Å². The Kier molecular flexibility index (Phi) is 8.06. The Bertz CT molecular complexity index is 1280. The molecule has 3 aliphatic heterocycles. The molecule has 1 saturated carbocycles. The largest absolute Gasteiger partial charge is 0.343 e. The average molecular weight is 686 g/mol. The molecule has 198 valence electrons. The molecule has 6 nitrogen and oxygen atoms in total. The van der Waals surface area contributed by atoms with Crippen molar-refractivity contribution in [3.8, 4) is 0 Å². The van der Waals surface area contributed by atoms with E-state index in [1.807, 2.05) is 18.3 Å². The van der Waals surface area contributed by atoms with Gasteiger partial charge in [-0.15, -0.1) is 0 Å². The Morgan fingerprint density at radius 3 is 2.63 bits per heavy atom. The van der Waals surface area contributed by atoms with Crippen molar-refractivity contribution in [2.24, 2.45) is 16.8 Å². The maximum atomic E-state index is 13.9. The normalized spacial score (nSPS) is 22.2. The van der Waals surface area contributed by atoms with Gasteiger partial charge in [-0.05, 0) is 64.7 Å². The summed E-state index contributed by atoms with van der Waals surface area (Å²) < 4.78 is 5.74. The number of benzene rings is 1. The Balaban J connectivity index is 1.17. The first-order valence-corrected chi connectivity index (χ1v) is 16.6. The summed E-state index contributed by atoms with van der Waals surface area (Å²) in [4.78, 5) is 25.3. The molecule has 1 N–H and O–H groups in total. The van der Waals surface area contributed by atoms with Crippen LogP contribution in [0.2, 0.25) is 0 Å². The van der Waals surface area contributed by atoms with Crippen LogP contribution in [0, 0.1) is 11.8 Å². The number of piperidine rings is 1. The van der Waals surface area contributed by atoms with Crippen LogP contribution in [0.5, 0.6) is 0 Å². The molecule has 1 atom stereocenters. The summed E-state index contributed by atoms with van der Waals surface area (Å²) in [6, 6.07) is 14.5. The first-order chi connectivity index (χ1) is 18.7. The van der Waals surface area contributed by atoms with Gasteiger partial charge in [0.05, 0.1) is 16.9 Å². The zero-order chi connectivity index (χ0) is 25.9. The zero-order valence-corrected chi connectivity index (χ0v) is 25.1. The van der Waals surface area contributed by atoms with E-state index in [0.29, 0.717) is 24.3 Å². The van der Waals surface area contributed by atoms with Crippen molar-refractivity contribution >= 4 is 52.7 Å². The second-order valence-corrected chi connectivity index (χ2v) is 13.5. The van der Waals surface area contributed by atoms with Gasteiger partial charge in [0.2, 0.25) is 5.91 Å². The third-order valence-corrected chi connectivity index (χ3v) is 12.0. The molecule has 1 aromatic heterocycles. The van der Waals surface area contributed by atoms with E-state index in [2.05, 4.69) is 74.7 Å². The van der Waals surface area contributed by atoms with E-state index in [-0.39, 0.29) is 26.9 Å². The van der Waals surface area contributed by atoms with Crippen molar-refractivity contribution in [1.82, 2.24) is 18.3 Å². The van der Waals surface area contributed by atoms with E-state index in [0.717, 1.165) is 47.6 Å². The van der Waals surface area contributed by atoms with Crippen molar-refractivity contribution in [3.63, 3.8) is 0 Å². The first kappa shape index (κ1) is 25.9. The third kappa shape index (κ3) is 5.52. The third-order valence-electron chi connectivity index (χ3n) is 8.10. The summed E-state index contributed by atoms with van der Waals surface area (Å²) in [5, 5.41) is 3.72. The Morgan fingerprint density at radius 1 is 1.11 bits per heavy atom. The van der Waals surface area contributed by atoms with E-state index in [9.17, 15) is 4.79 Å². The smallest absolute Gasteiger partial charge is 0.230 e. The van der Waals surface area contributed by atoms with Crippen LogP contribution in [-0.2, 0) is 11.3 Å². The summed E-state index contributed by atoms with van der Waals surface area (Å²) in [5.41, 5.74) is 3.52. The lowest BCUT2D eigenvalue weighted by molar-refractivity contribution is -0.135. The molecule has 38 heavy (non-hydrogen) atoms. The highest BCUT2D eigenvalue weighted by Crippen LogP contribution is 2.40. The molecule has 2 aromatic rings. The number of nitrogens with zero attached hydrogens (tertiary/aromatic N) is 4. The number of pyridine rings is 1. The van der Waals surface area contributed by atoms with Crippen LogP contribution in [0.1, 0.15) is 55.6 Å². The fourth-order valence-electron chi connectivity index (χ4n) is 6.09. The van der Waals surface area contributed by atoms with Gasteiger partial charge in [-0.25, -0.2) is 0 Å². The van der Waals surface area contributed by atoms with Crippen LogP contribution in [0.25, 0.3) is 0 Å². The van der Waals surface area contributed by atoms with Crippen LogP contribution in [0.3, 0.4) is 0 Å². The number of halogens is 2. The highest BCUT2D eigenvalue weighted by atomic mass is 127. The molecule has 4 aliphatic rings. The van der Waals surface area contributed by atoms with E-state index in [1.54, 1.807) is 6.20 Å². The molecule has 8 heteroatoms. The van der Waals surface area contributed by atoms with Gasteiger partial charge in [-0.3, -0.25) is 17.9 Å². The van der Waals surface area contributed by atoms with Crippen LogP contribution in [-0.4, -0.2) is 41.8 Å². The number of likely N-dealkylation sites (tertiary alicyclic amines) is 1. The summed E-state index contributed by atoms with van der Waals surface area (Å²) in [6.07, 6.45) is 12.7. The zero-order valence-electron chi connectivity index (χ0n) is 21.4. The number of aromatic nitrogens is 1. The highest BCUT2D eigenvalue weighted by molar-refractivity contribution is 14.2. The fraction of sp³-hybridized carbons (Fsp3) is 0.400. The van der Waals surface area contributed by atoms with Gasteiger partial charge in [-0.1, -0.05) is 49.2 Å². The molecular formula is C30H33BrIN5O. The number of fused-ring (bicyclic) bond motifs is 1. The average Bonchev–Trinajstić information content (AvgIpc) is 3.63. The molecule has 1 unspecified atom stereocenters. The van der Waals surface area contributed by atoms with Gasteiger partial charge in [0.25, 0.3) is 0 Å². The van der Waals surface area contributed by atoms with Gasteiger partial charge < -0.3 is 10.2 Å². The van der Waals surface area contributed by atoms with Crippen LogP contribution in [0.4, 0.5) is 0 Å². The van der Waals surface area contributed by atoms with Crippen molar-refractivity contribution in [2.45, 2.75) is 51.0 Å². The maximum Gasteiger partial charge on any atom is 0.230 e. The van der Waals surface area contributed by atoms with Crippen molar-refractivity contribution < 1.29 is 4.79 Å². The summed E-state index contributed by atoms with van der Waals surface area (Å²) in [5.74, 6) is 3.34. The van der Waals surface area contributed by atoms with Crippen molar-refractivity contribution in [1.29, 1.82) is 0 Å². The maximum absolute atomic E-state index is 13.9. The molecule has 0 bridgehead atoms. The Morgan fingerprint density at radius 2 is 1.89 bits per heavy atom. The van der Waals surface area contributed by atoms with Gasteiger partial charge in [-0.2, -0.15) is 0 Å². The predicted molar refractivity (Wildman–Crippen MR) is 165 cm³/mol. The lowest BCUT2D eigenvalue weighted by atomic mass is 9.82. The second-order valence-electron chi connectivity index (χ2n) is 10.5. The molecule has 1 aliphatic carbocycles. The van der Waals surface area contributed by atoms with Crippen molar-refractivity contribution in [2.75, 3.05) is 13.1 Å². The summed E-state index contributed by atoms with van der Waals surface area (Å²) >= 11 is 3.47. The number of amides is 1. The number of rotatable bonds is 6. The van der Waals surface area contributed by atoms with Gasteiger partial charge in [0.15, 0.2) is 0 Å². The number of amidine groups is 1. The molecule has 6 rings (SSSR count). The number of hydrogen-bond acceptors (Lipinski definition) is 4. The standard InChI is InChI=1S/C30H33BrIN5O/c31-25-18-32-37-27(34-20-21-7-6-14-33-19-21)17-26(35-29(25)37)22-12-15-36(16-13-22)30(38)28(24-10-4-5-11-24)23-8-2-1-3-9-23/h1-3,6-9,14,17-19,22,24,28,35H,4-5,10-13,15-16,20H2. The Labute approximate surface area is 243 Å². The minimum absolute atomic E-state index is 0.00102. The summed E-state index contributed by atoms with van der Waals surface area (Å²) in [6.45, 7) is 2.24. The topological polar surface area (TPSA) is 60.8 Å². The number of allylic oxidation sites excluding steroid dienone is 2. The minimum atomic E-state index is -0.291. The molecule has 0 spiro atoms. The van der Waals surface area contributed by atoms with Crippen LogP contribution < -0.4 is 5.32 Å². The Hall–Kier alpha value is -2.33. The number of nitrogens with one attached hydrogen (secondary N) is 1. The number of carbonyl (C=O) groups is 1. The van der Waals surface area contributed by atoms with Gasteiger partial charge in [0, 0.05) is 68.2 Å². The molecule has 0 radical (unpaired) electrons. The molecule has 4 heterocycles. The van der Waals surface area contributed by atoms with Crippen molar-refractivity contribution in [3.05, 3.63) is 88.1 Å². The second kappa shape index (κ2) is 11.8. The molecule has 1 amide bonds. The highest BCUT2D eigenvalue weighted by Gasteiger charge is 2.37. The van der Waals surface area contributed by atoms with Crippen LogP contribution in [0.15, 0.2) is 81.9 Å². The quantitative estimate of drug-likeness (QED) is 0.289. The number of hydrogen-bond donors (Lipinski definition) is 1. The number of aliphatic imine (C=N–C) groups is 1. The van der Waals surface area contributed by atoms with E-state index < -0.39 is 0 Å². The van der Waals surface area contributed by atoms with Gasteiger partial charge in [0.1, 0.15) is 11.7 Å². The van der Waals surface area contributed by atoms with E-state index in [1.165, 1.54) is 36.9 Å². The monoisotopic (exact) mass is 685 g/mol. The molecule has 1 aromatic carbocycles. The lowest BCUT2D eigenvalue weighted by Crippen LogP contribution is -2.44. The first-order valence-electron chi connectivity index (χ1n) is 13.6. The predicted octanol–water partition coefficient (Wildman–Crippen LogP) is 6.25. The fourth-order valence-corrected chi connectivity index (χ4v) is 9.28. The minimum Gasteiger partial charge on any atom is -0.343 e. The van der Waals surface area contributed by atoms with Crippen LogP contribution >= 0.6 is 36.9 Å². The van der Waals surface area contributed by atoms with Gasteiger partial charge >= 0.3 is 0 Å². The molecular weight excluding hydrogens is 653 g/mol. The summed E-state index contributed by atoms with van der Waals surface area (Å²) in [7, 11) is 0. The molecule has 1 saturated heterocycles. The lowest BCUT2D eigenvalue weighted by Gasteiger charge is -2.38.